The van der Waals surface area contributed by atoms with Crippen molar-refractivity contribution in [2.45, 2.75) is 26.3 Å². The molecule has 0 saturated carbocycles. The number of allylic oxidation sites excluding steroid dienone is 1. The van der Waals surface area contributed by atoms with Crippen molar-refractivity contribution in [1.82, 2.24) is 19.7 Å². The van der Waals surface area contributed by atoms with Crippen LogP contribution in [0.5, 0.6) is 0 Å². The molecular weight excluding hydrogens is 446 g/mol. The molecule has 4 aromatic rings. The summed E-state index contributed by atoms with van der Waals surface area (Å²) in [5.41, 5.74) is 4.62. The van der Waals surface area contributed by atoms with E-state index < -0.39 is 0 Å². The number of aromatic amines is 1. The minimum Gasteiger partial charge on any atom is -0.297 e. The number of nitrogens with one attached hydrogen (secondary N) is 2. The fraction of sp³-hybridized carbons (Fsp3) is 0.182. The van der Waals surface area contributed by atoms with Crippen LogP contribution in [0.2, 0.25) is 0 Å². The maximum atomic E-state index is 13.0. The number of hydrogen-bond donors (Lipinski definition) is 2. The predicted octanol–water partition coefficient (Wildman–Crippen LogP) is 5.64. The van der Waals surface area contributed by atoms with Crippen LogP contribution in [-0.4, -0.2) is 25.7 Å². The lowest BCUT2D eigenvalue weighted by molar-refractivity contribution is 0.103. The van der Waals surface area contributed by atoms with Crippen molar-refractivity contribution < 1.29 is 4.79 Å². The van der Waals surface area contributed by atoms with E-state index in [0.29, 0.717) is 27.1 Å². The Kier molecular flexibility index (Phi) is 5.17. The van der Waals surface area contributed by atoms with Crippen LogP contribution < -0.4 is 5.32 Å². The summed E-state index contributed by atoms with van der Waals surface area (Å²) in [5.74, 6) is 0.561. The molecule has 5 rings (SSSR count). The Hall–Kier alpha value is -2.88. The van der Waals surface area contributed by atoms with Crippen molar-refractivity contribution >= 4 is 45.9 Å². The fourth-order valence-electron chi connectivity index (χ4n) is 3.79. The van der Waals surface area contributed by atoms with E-state index in [4.69, 9.17) is 12.2 Å². The van der Waals surface area contributed by atoms with Gasteiger partial charge < -0.3 is 0 Å². The van der Waals surface area contributed by atoms with Crippen molar-refractivity contribution in [2.75, 3.05) is 5.32 Å². The molecule has 0 radical (unpaired) electrons. The molecule has 0 fully saturated rings. The Morgan fingerprint density at radius 1 is 1.29 bits per heavy atom. The lowest BCUT2D eigenvalue weighted by Gasteiger charge is -2.15. The molecule has 0 bridgehead atoms. The number of anilines is 1. The van der Waals surface area contributed by atoms with Gasteiger partial charge >= 0.3 is 0 Å². The van der Waals surface area contributed by atoms with E-state index in [0.717, 1.165) is 23.4 Å². The van der Waals surface area contributed by atoms with Crippen LogP contribution in [0.15, 0.2) is 43.0 Å². The van der Waals surface area contributed by atoms with Gasteiger partial charge in [0.2, 0.25) is 0 Å². The normalized spacial score (nSPS) is 12.3. The van der Waals surface area contributed by atoms with Gasteiger partial charge in [0.05, 0.1) is 15.4 Å². The summed E-state index contributed by atoms with van der Waals surface area (Å²) in [6, 6.07) is 10.4. The second-order valence-corrected chi connectivity index (χ2v) is 9.70. The minimum absolute atomic E-state index is 0.137. The Balaban J connectivity index is 1.42. The number of aromatic nitrogens is 4. The van der Waals surface area contributed by atoms with Gasteiger partial charge in [-0.3, -0.25) is 19.8 Å². The lowest BCUT2D eigenvalue weighted by Crippen LogP contribution is -2.09. The number of thiazole rings is 1. The number of nitrogens with zero attached hydrogens (tertiary/aromatic N) is 3. The lowest BCUT2D eigenvalue weighted by atomic mass is 9.91. The van der Waals surface area contributed by atoms with Crippen molar-refractivity contribution in [2.24, 2.45) is 0 Å². The first-order valence-corrected chi connectivity index (χ1v) is 11.9. The van der Waals surface area contributed by atoms with Gasteiger partial charge in [-0.1, -0.05) is 41.7 Å². The first-order valence-electron chi connectivity index (χ1n) is 9.81. The first-order chi connectivity index (χ1) is 15.0. The Bertz CT molecular complexity index is 1370. The topological polar surface area (TPSA) is 75.6 Å². The number of aryl methyl sites for hydroxylation is 3. The molecule has 1 aliphatic rings. The van der Waals surface area contributed by atoms with E-state index in [1.807, 2.05) is 17.6 Å². The highest BCUT2D eigenvalue weighted by Crippen LogP contribution is 2.40. The van der Waals surface area contributed by atoms with E-state index in [-0.39, 0.29) is 5.91 Å². The molecule has 2 N–H and O–H groups in total. The molecule has 0 saturated heterocycles. The molecule has 3 aromatic heterocycles. The zero-order valence-corrected chi connectivity index (χ0v) is 19.2. The average molecular weight is 466 g/mol. The van der Waals surface area contributed by atoms with Crippen molar-refractivity contribution in [3.63, 3.8) is 0 Å². The van der Waals surface area contributed by atoms with Crippen LogP contribution in [0.1, 0.15) is 26.5 Å². The summed E-state index contributed by atoms with van der Waals surface area (Å²) >= 11 is 8.24. The van der Waals surface area contributed by atoms with Gasteiger partial charge in [-0.15, -0.1) is 17.9 Å². The van der Waals surface area contributed by atoms with E-state index in [9.17, 15) is 4.79 Å². The van der Waals surface area contributed by atoms with Crippen LogP contribution in [-0.2, 0) is 19.4 Å². The monoisotopic (exact) mass is 465 g/mol. The average Bonchev–Trinajstić information content (AvgIpc) is 3.46. The highest BCUT2D eigenvalue weighted by Gasteiger charge is 2.23. The SMILES string of the molecule is C=CCn1c(-c2sc(NC(=O)c3cc4c(s3)-c3ccccc3CC4)nc2C)n[nH]c1=S. The van der Waals surface area contributed by atoms with Crippen LogP contribution in [0, 0.1) is 11.7 Å². The molecule has 0 atom stereocenters. The van der Waals surface area contributed by atoms with Gasteiger partial charge in [-0.05, 0) is 54.7 Å². The van der Waals surface area contributed by atoms with E-state index in [1.165, 1.54) is 32.9 Å². The summed E-state index contributed by atoms with van der Waals surface area (Å²) < 4.78 is 2.39. The molecule has 0 aliphatic heterocycles. The van der Waals surface area contributed by atoms with Gasteiger partial charge in [0.25, 0.3) is 5.91 Å². The van der Waals surface area contributed by atoms with Gasteiger partial charge in [-0.25, -0.2) is 4.98 Å². The summed E-state index contributed by atoms with van der Waals surface area (Å²) in [7, 11) is 0. The third-order valence-corrected chi connectivity index (χ3v) is 7.84. The molecule has 156 valence electrons. The Labute approximate surface area is 192 Å². The van der Waals surface area contributed by atoms with Gasteiger partial charge in [0.1, 0.15) is 0 Å². The summed E-state index contributed by atoms with van der Waals surface area (Å²) in [5, 5.41) is 10.7. The number of amides is 1. The number of thiophene rings is 1. The second kappa shape index (κ2) is 7.99. The standard InChI is InChI=1S/C22H19N5OS3/c1-3-10-27-19(25-26-22(27)29)17-12(2)23-21(31-17)24-20(28)16-11-14-9-8-13-6-4-5-7-15(13)18(14)30-16/h3-7,11H,1,8-10H2,2H3,(H,26,29)(H,23,24,28). The summed E-state index contributed by atoms with van der Waals surface area (Å²) in [4.78, 5) is 20.3. The quantitative estimate of drug-likeness (QED) is 0.295. The van der Waals surface area contributed by atoms with E-state index >= 15 is 0 Å². The third kappa shape index (κ3) is 3.58. The number of H-pyrrole nitrogens is 1. The van der Waals surface area contributed by atoms with Crippen LogP contribution in [0.4, 0.5) is 5.13 Å². The molecule has 0 spiro atoms. The third-order valence-electron chi connectivity index (χ3n) is 5.25. The van der Waals surface area contributed by atoms with Crippen molar-refractivity contribution in [1.29, 1.82) is 0 Å². The van der Waals surface area contributed by atoms with Crippen molar-refractivity contribution in [3.05, 3.63) is 69.5 Å². The number of carbonyl (C=O) groups excluding carboxylic acids is 1. The number of hydrogen-bond acceptors (Lipinski definition) is 6. The van der Waals surface area contributed by atoms with Crippen LogP contribution in [0.25, 0.3) is 21.1 Å². The highest BCUT2D eigenvalue weighted by molar-refractivity contribution is 7.71. The molecule has 9 heteroatoms. The molecule has 1 aliphatic carbocycles. The number of fused-ring (bicyclic) bond motifs is 3. The largest absolute Gasteiger partial charge is 0.297 e. The highest BCUT2D eigenvalue weighted by atomic mass is 32.1. The minimum atomic E-state index is -0.137. The van der Waals surface area contributed by atoms with Gasteiger partial charge in [0, 0.05) is 11.4 Å². The maximum Gasteiger partial charge on any atom is 0.267 e. The molecule has 1 amide bonds. The predicted molar refractivity (Wildman–Crippen MR) is 129 cm³/mol. The number of carbonyl (C=O) groups is 1. The van der Waals surface area contributed by atoms with E-state index in [1.54, 1.807) is 17.4 Å². The molecule has 3 heterocycles. The summed E-state index contributed by atoms with van der Waals surface area (Å²) in [6.45, 7) is 6.23. The maximum absolute atomic E-state index is 13.0. The Morgan fingerprint density at radius 3 is 2.94 bits per heavy atom. The van der Waals surface area contributed by atoms with E-state index in [2.05, 4.69) is 51.3 Å². The zero-order chi connectivity index (χ0) is 21.5. The summed E-state index contributed by atoms with van der Waals surface area (Å²) in [6.07, 6.45) is 3.74. The molecular formula is C22H19N5OS3. The Morgan fingerprint density at radius 2 is 2.10 bits per heavy atom. The molecule has 31 heavy (non-hydrogen) atoms. The fourth-order valence-corrected chi connectivity index (χ4v) is 6.12. The molecule has 0 unspecified atom stereocenters. The van der Waals surface area contributed by atoms with Crippen molar-refractivity contribution in [3.8, 4) is 21.1 Å². The number of rotatable bonds is 5. The molecule has 6 nitrogen and oxygen atoms in total. The second-order valence-electron chi connectivity index (χ2n) is 7.26. The van der Waals surface area contributed by atoms with Crippen LogP contribution in [0.3, 0.4) is 0 Å². The van der Waals surface area contributed by atoms with Gasteiger partial charge in [-0.2, -0.15) is 5.10 Å². The number of benzene rings is 1. The molecule has 1 aromatic carbocycles. The smallest absolute Gasteiger partial charge is 0.267 e. The van der Waals surface area contributed by atoms with Crippen LogP contribution >= 0.6 is 34.9 Å². The van der Waals surface area contributed by atoms with Gasteiger partial charge in [0.15, 0.2) is 15.7 Å². The zero-order valence-electron chi connectivity index (χ0n) is 16.8. The first kappa shape index (κ1) is 20.0.